The van der Waals surface area contributed by atoms with E-state index in [9.17, 15) is 0 Å². The first kappa shape index (κ1) is 26.5. The van der Waals surface area contributed by atoms with Crippen LogP contribution < -0.4 is 0 Å². The molecule has 0 bridgehead atoms. The van der Waals surface area contributed by atoms with E-state index in [-0.39, 0.29) is 5.41 Å². The standard InChI is InChI=1S/C42H29N3O/c1-42(2)33-23-10-9-18-30(33)36-28(19-12-24-34(36)42)29-20-13-25-35-37(29)31-21-11-22-32(38(31)46-35)41-44-39(26-14-5-3-6-15-26)43-40(45-41)27-16-7-4-8-17-27/h3-25H,1-2H3. The van der Waals surface area contributed by atoms with Gasteiger partial charge < -0.3 is 4.42 Å². The van der Waals surface area contributed by atoms with E-state index in [1.165, 1.54) is 27.8 Å². The lowest BCUT2D eigenvalue weighted by Crippen LogP contribution is -2.14. The molecule has 0 saturated heterocycles. The number of para-hydroxylation sites is 1. The van der Waals surface area contributed by atoms with Crippen molar-refractivity contribution in [2.45, 2.75) is 19.3 Å². The summed E-state index contributed by atoms with van der Waals surface area (Å²) in [5.74, 6) is 1.83. The van der Waals surface area contributed by atoms with E-state index in [4.69, 9.17) is 19.4 Å². The first-order valence-electron chi connectivity index (χ1n) is 15.6. The van der Waals surface area contributed by atoms with Crippen LogP contribution in [0.1, 0.15) is 25.0 Å². The van der Waals surface area contributed by atoms with Crippen molar-refractivity contribution in [3.63, 3.8) is 0 Å². The van der Waals surface area contributed by atoms with Crippen molar-refractivity contribution in [2.24, 2.45) is 0 Å². The maximum Gasteiger partial charge on any atom is 0.167 e. The molecule has 2 aromatic heterocycles. The molecule has 0 amide bonds. The molecule has 2 heterocycles. The fraction of sp³-hybridized carbons (Fsp3) is 0.0714. The van der Waals surface area contributed by atoms with Gasteiger partial charge in [-0.15, -0.1) is 0 Å². The van der Waals surface area contributed by atoms with Gasteiger partial charge in [0.05, 0.1) is 5.56 Å². The second-order valence-corrected chi connectivity index (χ2v) is 12.4. The van der Waals surface area contributed by atoms with E-state index >= 15 is 0 Å². The summed E-state index contributed by atoms with van der Waals surface area (Å²) >= 11 is 0. The molecular weight excluding hydrogens is 562 g/mol. The molecule has 0 saturated carbocycles. The molecule has 0 radical (unpaired) electrons. The van der Waals surface area contributed by atoms with Gasteiger partial charge in [-0.25, -0.2) is 15.0 Å². The summed E-state index contributed by atoms with van der Waals surface area (Å²) in [7, 11) is 0. The van der Waals surface area contributed by atoms with Crippen LogP contribution in [0.2, 0.25) is 0 Å². The molecular formula is C42H29N3O. The van der Waals surface area contributed by atoms with E-state index in [1.54, 1.807) is 0 Å². The Kier molecular flexibility index (Phi) is 5.81. The molecule has 46 heavy (non-hydrogen) atoms. The summed E-state index contributed by atoms with van der Waals surface area (Å²) in [5.41, 5.74) is 11.9. The van der Waals surface area contributed by atoms with Gasteiger partial charge in [-0.3, -0.25) is 0 Å². The van der Waals surface area contributed by atoms with Crippen molar-refractivity contribution in [3.8, 4) is 56.4 Å². The lowest BCUT2D eigenvalue weighted by Gasteiger charge is -2.21. The Morgan fingerprint density at radius 3 is 1.74 bits per heavy atom. The third kappa shape index (κ3) is 3.97. The van der Waals surface area contributed by atoms with Gasteiger partial charge in [0.15, 0.2) is 17.5 Å². The summed E-state index contributed by atoms with van der Waals surface area (Å²) in [5, 5.41) is 2.13. The summed E-state index contributed by atoms with van der Waals surface area (Å²) in [4.78, 5) is 14.9. The van der Waals surface area contributed by atoms with E-state index < -0.39 is 0 Å². The fourth-order valence-corrected chi connectivity index (χ4v) is 7.16. The molecule has 9 rings (SSSR count). The smallest absolute Gasteiger partial charge is 0.167 e. The minimum Gasteiger partial charge on any atom is -0.455 e. The molecule has 4 heteroatoms. The van der Waals surface area contributed by atoms with Gasteiger partial charge in [-0.2, -0.15) is 0 Å². The van der Waals surface area contributed by atoms with Gasteiger partial charge in [0.1, 0.15) is 11.2 Å². The molecule has 0 spiro atoms. The van der Waals surface area contributed by atoms with E-state index in [2.05, 4.69) is 86.6 Å². The monoisotopic (exact) mass is 591 g/mol. The number of hydrogen-bond acceptors (Lipinski definition) is 4. The summed E-state index contributed by atoms with van der Waals surface area (Å²) in [6, 6.07) is 48.3. The molecule has 1 aliphatic carbocycles. The van der Waals surface area contributed by atoms with Crippen LogP contribution in [0.15, 0.2) is 144 Å². The van der Waals surface area contributed by atoms with Crippen LogP contribution in [0.3, 0.4) is 0 Å². The van der Waals surface area contributed by atoms with E-state index in [0.29, 0.717) is 17.5 Å². The van der Waals surface area contributed by atoms with Crippen molar-refractivity contribution in [1.82, 2.24) is 15.0 Å². The van der Waals surface area contributed by atoms with Crippen LogP contribution in [0, 0.1) is 0 Å². The van der Waals surface area contributed by atoms with Gasteiger partial charge in [-0.1, -0.05) is 141 Å². The molecule has 0 atom stereocenters. The highest BCUT2D eigenvalue weighted by molar-refractivity contribution is 6.16. The molecule has 8 aromatic rings. The zero-order chi connectivity index (χ0) is 30.8. The van der Waals surface area contributed by atoms with Gasteiger partial charge >= 0.3 is 0 Å². The van der Waals surface area contributed by atoms with Gasteiger partial charge in [-0.05, 0) is 45.5 Å². The lowest BCUT2D eigenvalue weighted by atomic mass is 9.82. The highest BCUT2D eigenvalue weighted by atomic mass is 16.3. The molecule has 1 aliphatic rings. The van der Waals surface area contributed by atoms with Crippen LogP contribution >= 0.6 is 0 Å². The molecule has 0 fully saturated rings. The van der Waals surface area contributed by atoms with Crippen LogP contribution in [-0.4, -0.2) is 15.0 Å². The zero-order valence-electron chi connectivity index (χ0n) is 25.5. The number of rotatable bonds is 4. The van der Waals surface area contributed by atoms with Crippen molar-refractivity contribution in [3.05, 3.63) is 151 Å². The Morgan fingerprint density at radius 1 is 0.457 bits per heavy atom. The van der Waals surface area contributed by atoms with Crippen molar-refractivity contribution in [2.75, 3.05) is 0 Å². The Balaban J connectivity index is 1.29. The number of benzene rings is 6. The van der Waals surface area contributed by atoms with Crippen molar-refractivity contribution >= 4 is 21.9 Å². The molecule has 6 aromatic carbocycles. The predicted molar refractivity (Wildman–Crippen MR) is 186 cm³/mol. The van der Waals surface area contributed by atoms with Gasteiger partial charge in [0.2, 0.25) is 0 Å². The third-order valence-corrected chi connectivity index (χ3v) is 9.36. The number of furan rings is 1. The number of hydrogen-bond donors (Lipinski definition) is 0. The first-order chi connectivity index (χ1) is 22.6. The number of nitrogens with zero attached hydrogens (tertiary/aromatic N) is 3. The quantitative estimate of drug-likeness (QED) is 0.204. The maximum atomic E-state index is 6.72. The fourth-order valence-electron chi connectivity index (χ4n) is 7.16. The summed E-state index contributed by atoms with van der Waals surface area (Å²) in [6.45, 7) is 4.65. The maximum absolute atomic E-state index is 6.72. The molecule has 218 valence electrons. The second-order valence-electron chi connectivity index (χ2n) is 12.4. The number of aromatic nitrogens is 3. The van der Waals surface area contributed by atoms with Crippen molar-refractivity contribution in [1.29, 1.82) is 0 Å². The SMILES string of the molecule is CC1(C)c2ccccc2-c2c(-c3cccc4oc5c(-c6nc(-c7ccccc7)nc(-c7ccccc7)n6)cccc5c34)cccc21. The second kappa shape index (κ2) is 10.1. The largest absolute Gasteiger partial charge is 0.455 e. The highest BCUT2D eigenvalue weighted by Gasteiger charge is 2.36. The van der Waals surface area contributed by atoms with Crippen LogP contribution in [0.25, 0.3) is 78.4 Å². The number of fused-ring (bicyclic) bond motifs is 6. The average molecular weight is 592 g/mol. The summed E-state index contributed by atoms with van der Waals surface area (Å²) in [6.07, 6.45) is 0. The highest BCUT2D eigenvalue weighted by Crippen LogP contribution is 2.53. The van der Waals surface area contributed by atoms with Crippen LogP contribution in [0.4, 0.5) is 0 Å². The predicted octanol–water partition coefficient (Wildman–Crippen LogP) is 10.7. The van der Waals surface area contributed by atoms with Crippen LogP contribution in [-0.2, 0) is 5.41 Å². The minimum atomic E-state index is -0.0763. The van der Waals surface area contributed by atoms with Crippen LogP contribution in [0.5, 0.6) is 0 Å². The normalized spacial score (nSPS) is 13.2. The minimum absolute atomic E-state index is 0.0763. The zero-order valence-corrected chi connectivity index (χ0v) is 25.5. The van der Waals surface area contributed by atoms with Crippen molar-refractivity contribution < 1.29 is 4.42 Å². The molecule has 0 aliphatic heterocycles. The topological polar surface area (TPSA) is 51.8 Å². The lowest BCUT2D eigenvalue weighted by molar-refractivity contribution is 0.660. The van der Waals surface area contributed by atoms with E-state index in [0.717, 1.165) is 44.2 Å². The Labute approximate surface area is 267 Å². The van der Waals surface area contributed by atoms with E-state index in [1.807, 2.05) is 66.7 Å². The summed E-state index contributed by atoms with van der Waals surface area (Å²) < 4.78 is 6.72. The Morgan fingerprint density at radius 2 is 1.00 bits per heavy atom. The van der Waals surface area contributed by atoms with Gasteiger partial charge in [0.25, 0.3) is 0 Å². The third-order valence-electron chi connectivity index (χ3n) is 9.36. The average Bonchev–Trinajstić information content (AvgIpc) is 3.61. The first-order valence-corrected chi connectivity index (χ1v) is 15.6. The molecule has 4 nitrogen and oxygen atoms in total. The van der Waals surface area contributed by atoms with Gasteiger partial charge in [0, 0.05) is 27.3 Å². The Bertz CT molecular complexity index is 2380. The Hall–Kier alpha value is -5.87. The molecule has 0 N–H and O–H groups in total. The molecule has 0 unspecified atom stereocenters.